The number of nitrogens with zero attached hydrogens (tertiary/aromatic N) is 2. The van der Waals surface area contributed by atoms with Crippen molar-refractivity contribution < 1.29 is 0 Å². The second-order valence-electron chi connectivity index (χ2n) is 6.90. The molecule has 2 heterocycles. The summed E-state index contributed by atoms with van der Waals surface area (Å²) in [7, 11) is 2.23. The highest BCUT2D eigenvalue weighted by Gasteiger charge is 2.26. The molecule has 3 nitrogen and oxygen atoms in total. The van der Waals surface area contributed by atoms with Crippen molar-refractivity contribution >= 4 is 5.84 Å². The molecule has 0 saturated carbocycles. The second-order valence-corrected chi connectivity index (χ2v) is 6.90. The van der Waals surface area contributed by atoms with Crippen molar-refractivity contribution in [2.45, 2.75) is 45.1 Å². The third-order valence-corrected chi connectivity index (χ3v) is 5.20. The number of amidine groups is 1. The number of nitrogens with two attached hydrogens (primary N) is 1. The molecule has 0 aliphatic carbocycles. The molecule has 3 unspecified atom stereocenters. The van der Waals surface area contributed by atoms with Crippen LogP contribution in [0.15, 0.2) is 23.2 Å². The fourth-order valence-corrected chi connectivity index (χ4v) is 3.89. The molecule has 3 rings (SSSR count). The Kier molecular flexibility index (Phi) is 4.03. The lowest BCUT2D eigenvalue weighted by molar-refractivity contribution is 0.380. The number of aliphatic imine (C=N–C) groups is 1. The summed E-state index contributed by atoms with van der Waals surface area (Å²) in [6, 6.07) is 6.80. The lowest BCUT2D eigenvalue weighted by Crippen LogP contribution is -2.16. The molecule has 1 aromatic rings. The van der Waals surface area contributed by atoms with Crippen LogP contribution in [0.3, 0.4) is 0 Å². The van der Waals surface area contributed by atoms with Crippen molar-refractivity contribution in [2.24, 2.45) is 16.6 Å². The van der Waals surface area contributed by atoms with E-state index in [2.05, 4.69) is 49.0 Å². The van der Waals surface area contributed by atoms with Crippen molar-refractivity contribution in [1.29, 1.82) is 0 Å². The van der Waals surface area contributed by atoms with Gasteiger partial charge >= 0.3 is 0 Å². The van der Waals surface area contributed by atoms with Crippen LogP contribution in [0.4, 0.5) is 0 Å². The first-order valence-electron chi connectivity index (χ1n) is 8.21. The van der Waals surface area contributed by atoms with Gasteiger partial charge < -0.3 is 10.6 Å². The van der Waals surface area contributed by atoms with Crippen molar-refractivity contribution in [3.63, 3.8) is 0 Å². The van der Waals surface area contributed by atoms with E-state index in [1.807, 2.05) is 0 Å². The smallest absolute Gasteiger partial charge is 0.126 e. The molecule has 1 aromatic carbocycles. The van der Waals surface area contributed by atoms with E-state index in [0.29, 0.717) is 5.92 Å². The maximum Gasteiger partial charge on any atom is 0.126 e. The van der Waals surface area contributed by atoms with Gasteiger partial charge in [0.25, 0.3) is 0 Å². The molecule has 0 bridgehead atoms. The molecular formula is C18H27N3. The fraction of sp³-hybridized carbons (Fsp3) is 0.611. The van der Waals surface area contributed by atoms with E-state index in [-0.39, 0.29) is 6.04 Å². The standard InChI is InChI=1S/C18H27N3/c1-12(7-8-14-9-10-21(3)11-14)15-5-4-6-16-13(2)20-18(19)17(15)16/h4-6,12-14H,7-11H2,1-3H3,(H2,19,20). The highest BCUT2D eigenvalue weighted by atomic mass is 15.1. The molecule has 114 valence electrons. The zero-order chi connectivity index (χ0) is 15.0. The van der Waals surface area contributed by atoms with Crippen LogP contribution in [0.2, 0.25) is 0 Å². The summed E-state index contributed by atoms with van der Waals surface area (Å²) in [4.78, 5) is 6.98. The van der Waals surface area contributed by atoms with E-state index in [0.717, 1.165) is 11.8 Å². The number of fused-ring (bicyclic) bond motifs is 1. The number of likely N-dealkylation sites (tertiary alicyclic amines) is 1. The number of rotatable bonds is 4. The van der Waals surface area contributed by atoms with Gasteiger partial charge in [-0.25, -0.2) is 0 Å². The summed E-state index contributed by atoms with van der Waals surface area (Å²) in [5.41, 5.74) is 10.1. The number of hydrogen-bond acceptors (Lipinski definition) is 3. The van der Waals surface area contributed by atoms with Gasteiger partial charge in [-0.15, -0.1) is 0 Å². The summed E-state index contributed by atoms with van der Waals surface area (Å²) < 4.78 is 0. The van der Waals surface area contributed by atoms with Gasteiger partial charge in [0.2, 0.25) is 0 Å². The molecule has 1 fully saturated rings. The minimum atomic E-state index is 0.218. The molecule has 2 N–H and O–H groups in total. The predicted molar refractivity (Wildman–Crippen MR) is 88.8 cm³/mol. The zero-order valence-corrected chi connectivity index (χ0v) is 13.5. The lowest BCUT2D eigenvalue weighted by Gasteiger charge is -2.18. The Labute approximate surface area is 128 Å². The van der Waals surface area contributed by atoms with Gasteiger partial charge in [0, 0.05) is 12.1 Å². The van der Waals surface area contributed by atoms with Gasteiger partial charge in [-0.3, -0.25) is 4.99 Å². The minimum Gasteiger partial charge on any atom is -0.383 e. The predicted octanol–water partition coefficient (Wildman–Crippen LogP) is 3.30. The molecule has 2 aliphatic rings. The van der Waals surface area contributed by atoms with E-state index >= 15 is 0 Å². The van der Waals surface area contributed by atoms with Gasteiger partial charge in [0.05, 0.1) is 6.04 Å². The van der Waals surface area contributed by atoms with Gasteiger partial charge in [0.15, 0.2) is 0 Å². The largest absolute Gasteiger partial charge is 0.383 e. The third kappa shape index (κ3) is 2.84. The SMILES string of the molecule is CC(CCC1CCN(C)C1)c1cccc2c1C(N)=NC2C. The van der Waals surface area contributed by atoms with Crippen LogP contribution in [0.5, 0.6) is 0 Å². The molecule has 1 saturated heterocycles. The topological polar surface area (TPSA) is 41.6 Å². The Morgan fingerprint density at radius 3 is 2.95 bits per heavy atom. The van der Waals surface area contributed by atoms with Crippen LogP contribution in [0.1, 0.15) is 61.8 Å². The van der Waals surface area contributed by atoms with Crippen molar-refractivity contribution in [2.75, 3.05) is 20.1 Å². The van der Waals surface area contributed by atoms with E-state index in [1.54, 1.807) is 0 Å². The average molecular weight is 285 g/mol. The molecule has 0 amide bonds. The van der Waals surface area contributed by atoms with Gasteiger partial charge in [0.1, 0.15) is 5.84 Å². The zero-order valence-electron chi connectivity index (χ0n) is 13.5. The molecule has 21 heavy (non-hydrogen) atoms. The molecule has 0 aromatic heterocycles. The minimum absolute atomic E-state index is 0.218. The summed E-state index contributed by atoms with van der Waals surface area (Å²) in [6.45, 7) is 6.99. The van der Waals surface area contributed by atoms with E-state index in [1.165, 1.54) is 49.0 Å². The molecule has 2 aliphatic heterocycles. The maximum atomic E-state index is 6.16. The van der Waals surface area contributed by atoms with Gasteiger partial charge in [-0.2, -0.15) is 0 Å². The highest BCUT2D eigenvalue weighted by molar-refractivity contribution is 6.02. The second kappa shape index (κ2) is 5.80. The quantitative estimate of drug-likeness (QED) is 0.922. The molecule has 0 radical (unpaired) electrons. The van der Waals surface area contributed by atoms with Crippen molar-refractivity contribution in [3.8, 4) is 0 Å². The van der Waals surface area contributed by atoms with Crippen molar-refractivity contribution in [3.05, 3.63) is 34.9 Å². The fourth-order valence-electron chi connectivity index (χ4n) is 3.89. The first kappa shape index (κ1) is 14.6. The summed E-state index contributed by atoms with van der Waals surface area (Å²) in [5.74, 6) is 2.17. The van der Waals surface area contributed by atoms with Crippen LogP contribution in [-0.2, 0) is 0 Å². The summed E-state index contributed by atoms with van der Waals surface area (Å²) in [6.07, 6.45) is 3.93. The molecular weight excluding hydrogens is 258 g/mol. The van der Waals surface area contributed by atoms with Crippen LogP contribution < -0.4 is 5.73 Å². The molecule has 3 heteroatoms. The average Bonchev–Trinajstić information content (AvgIpc) is 3.01. The Hall–Kier alpha value is -1.35. The Bertz CT molecular complexity index is 549. The number of benzene rings is 1. The lowest BCUT2D eigenvalue weighted by atomic mass is 9.86. The Morgan fingerprint density at radius 1 is 1.43 bits per heavy atom. The van der Waals surface area contributed by atoms with Crippen LogP contribution in [0, 0.1) is 5.92 Å². The first-order valence-corrected chi connectivity index (χ1v) is 8.21. The first-order chi connectivity index (χ1) is 10.1. The third-order valence-electron chi connectivity index (χ3n) is 5.20. The molecule has 3 atom stereocenters. The van der Waals surface area contributed by atoms with Crippen molar-refractivity contribution in [1.82, 2.24) is 4.90 Å². The Morgan fingerprint density at radius 2 is 2.24 bits per heavy atom. The summed E-state index contributed by atoms with van der Waals surface area (Å²) in [5, 5.41) is 0. The van der Waals surface area contributed by atoms with E-state index < -0.39 is 0 Å². The van der Waals surface area contributed by atoms with Gasteiger partial charge in [-0.1, -0.05) is 25.1 Å². The highest BCUT2D eigenvalue weighted by Crippen LogP contribution is 2.35. The monoisotopic (exact) mass is 285 g/mol. The number of hydrogen-bond donors (Lipinski definition) is 1. The van der Waals surface area contributed by atoms with Crippen LogP contribution >= 0.6 is 0 Å². The molecule has 0 spiro atoms. The summed E-state index contributed by atoms with van der Waals surface area (Å²) >= 11 is 0. The van der Waals surface area contributed by atoms with Gasteiger partial charge in [-0.05, 0) is 62.7 Å². The van der Waals surface area contributed by atoms with Crippen LogP contribution in [-0.4, -0.2) is 30.9 Å². The maximum absolute atomic E-state index is 6.16. The van der Waals surface area contributed by atoms with Crippen LogP contribution in [0.25, 0.3) is 0 Å². The van der Waals surface area contributed by atoms with E-state index in [9.17, 15) is 0 Å². The normalized spacial score (nSPS) is 26.7. The Balaban J connectivity index is 1.71. The van der Waals surface area contributed by atoms with E-state index in [4.69, 9.17) is 5.73 Å².